The normalized spacial score (nSPS) is 40.3. The Hall–Kier alpha value is -0.0400. The van der Waals surface area contributed by atoms with Gasteiger partial charge in [-0.05, 0) is 57.0 Å². The lowest BCUT2D eigenvalue weighted by atomic mass is 9.64. The summed E-state index contributed by atoms with van der Waals surface area (Å²) in [5.74, 6) is 2.27. The van der Waals surface area contributed by atoms with Crippen molar-refractivity contribution in [3.05, 3.63) is 6.42 Å². The van der Waals surface area contributed by atoms with Crippen LogP contribution in [0, 0.1) is 18.3 Å². The summed E-state index contributed by atoms with van der Waals surface area (Å²) in [6.07, 6.45) is 12.8. The average molecular weight is 192 g/mol. The molecule has 0 spiro atoms. The van der Waals surface area contributed by atoms with Crippen LogP contribution in [0.5, 0.6) is 0 Å². The summed E-state index contributed by atoms with van der Waals surface area (Å²) in [6.45, 7) is 2.70. The molecule has 3 rings (SSSR count). The van der Waals surface area contributed by atoms with Gasteiger partial charge in [-0.15, -0.1) is 0 Å². The molecule has 1 heteroatoms. The Morgan fingerprint density at radius 1 is 0.929 bits per heavy atom. The maximum Gasteiger partial charge on any atom is 0.0101 e. The van der Waals surface area contributed by atoms with E-state index in [0.29, 0.717) is 0 Å². The molecular formula is C13H22N. The van der Waals surface area contributed by atoms with Gasteiger partial charge >= 0.3 is 0 Å². The van der Waals surface area contributed by atoms with Gasteiger partial charge in [-0.2, -0.15) is 0 Å². The second-order valence-electron chi connectivity index (χ2n) is 5.48. The number of likely N-dealkylation sites (tertiary alicyclic amines) is 1. The van der Waals surface area contributed by atoms with Crippen LogP contribution in [0.1, 0.15) is 44.9 Å². The third kappa shape index (κ3) is 1.60. The molecule has 0 aromatic heterocycles. The summed E-state index contributed by atoms with van der Waals surface area (Å²) in [7, 11) is 0. The molecule has 2 aliphatic carbocycles. The van der Waals surface area contributed by atoms with Gasteiger partial charge in [0.1, 0.15) is 0 Å². The van der Waals surface area contributed by atoms with E-state index in [1.54, 1.807) is 12.8 Å². The van der Waals surface area contributed by atoms with Crippen LogP contribution in [0.15, 0.2) is 0 Å². The highest BCUT2D eigenvalue weighted by Crippen LogP contribution is 2.45. The molecule has 0 aromatic carbocycles. The van der Waals surface area contributed by atoms with Crippen molar-refractivity contribution in [2.24, 2.45) is 11.8 Å². The molecule has 1 nitrogen and oxygen atoms in total. The van der Waals surface area contributed by atoms with E-state index in [1.807, 2.05) is 0 Å². The number of piperidine rings is 1. The SMILES string of the molecule is [CH]1CCN(C2CC(C3CCC3)C2)CC1. The van der Waals surface area contributed by atoms with Gasteiger partial charge in [0.15, 0.2) is 0 Å². The Bertz CT molecular complexity index is 185. The Balaban J connectivity index is 1.43. The first-order valence-corrected chi connectivity index (χ1v) is 6.49. The predicted octanol–water partition coefficient (Wildman–Crippen LogP) is 2.87. The zero-order valence-corrected chi connectivity index (χ0v) is 9.12. The monoisotopic (exact) mass is 192 g/mol. The van der Waals surface area contributed by atoms with Crippen molar-refractivity contribution in [2.45, 2.75) is 51.0 Å². The van der Waals surface area contributed by atoms with Gasteiger partial charge in [0.05, 0.1) is 0 Å². The van der Waals surface area contributed by atoms with Crippen LogP contribution in [0.4, 0.5) is 0 Å². The minimum atomic E-state index is 0.981. The van der Waals surface area contributed by atoms with Crippen molar-refractivity contribution in [3.63, 3.8) is 0 Å². The Morgan fingerprint density at radius 3 is 2.21 bits per heavy atom. The fourth-order valence-electron chi connectivity index (χ4n) is 3.36. The van der Waals surface area contributed by atoms with Crippen molar-refractivity contribution in [2.75, 3.05) is 13.1 Å². The quantitative estimate of drug-likeness (QED) is 0.650. The Kier molecular flexibility index (Phi) is 2.53. The van der Waals surface area contributed by atoms with E-state index in [9.17, 15) is 0 Å². The van der Waals surface area contributed by atoms with Gasteiger partial charge in [-0.1, -0.05) is 19.3 Å². The van der Waals surface area contributed by atoms with Gasteiger partial charge in [-0.25, -0.2) is 0 Å². The minimum Gasteiger partial charge on any atom is -0.300 e. The summed E-state index contributed by atoms with van der Waals surface area (Å²) in [5, 5.41) is 0. The van der Waals surface area contributed by atoms with E-state index in [1.165, 1.54) is 45.2 Å². The summed E-state index contributed by atoms with van der Waals surface area (Å²) in [6, 6.07) is 0.981. The zero-order chi connectivity index (χ0) is 9.38. The molecule has 1 radical (unpaired) electrons. The molecule has 1 aliphatic heterocycles. The maximum absolute atomic E-state index is 2.75. The van der Waals surface area contributed by atoms with E-state index in [4.69, 9.17) is 0 Å². The van der Waals surface area contributed by atoms with Gasteiger partial charge in [0.2, 0.25) is 0 Å². The highest BCUT2D eigenvalue weighted by Gasteiger charge is 2.39. The molecular weight excluding hydrogens is 170 g/mol. The van der Waals surface area contributed by atoms with Crippen LogP contribution >= 0.6 is 0 Å². The average Bonchev–Trinajstić information content (AvgIpc) is 2.09. The van der Waals surface area contributed by atoms with E-state index in [2.05, 4.69) is 11.3 Å². The molecule has 0 bridgehead atoms. The minimum absolute atomic E-state index is 0.981. The van der Waals surface area contributed by atoms with Crippen molar-refractivity contribution in [3.8, 4) is 0 Å². The smallest absolute Gasteiger partial charge is 0.0101 e. The van der Waals surface area contributed by atoms with E-state index >= 15 is 0 Å². The summed E-state index contributed by atoms with van der Waals surface area (Å²) >= 11 is 0. The summed E-state index contributed by atoms with van der Waals surface area (Å²) in [5.41, 5.74) is 0. The molecule has 0 unspecified atom stereocenters. The molecule has 0 atom stereocenters. The standard InChI is InChI=1S/C13H22N/c1-2-7-14(8-3-1)13-9-12(10-13)11-5-4-6-11/h1,11-13H,2-10H2. The molecule has 0 aromatic rings. The first-order valence-electron chi connectivity index (χ1n) is 6.49. The number of hydrogen-bond acceptors (Lipinski definition) is 1. The number of rotatable bonds is 2. The molecule has 0 amide bonds. The third-order valence-electron chi connectivity index (χ3n) is 4.72. The maximum atomic E-state index is 2.75. The fourth-order valence-corrected chi connectivity index (χ4v) is 3.36. The van der Waals surface area contributed by atoms with Crippen molar-refractivity contribution in [1.82, 2.24) is 4.90 Å². The highest BCUT2D eigenvalue weighted by molar-refractivity contribution is 4.94. The topological polar surface area (TPSA) is 3.24 Å². The van der Waals surface area contributed by atoms with Crippen LogP contribution in [-0.2, 0) is 0 Å². The van der Waals surface area contributed by atoms with Gasteiger partial charge in [0, 0.05) is 6.04 Å². The van der Waals surface area contributed by atoms with Crippen LogP contribution in [0.3, 0.4) is 0 Å². The van der Waals surface area contributed by atoms with Crippen LogP contribution < -0.4 is 0 Å². The van der Waals surface area contributed by atoms with Crippen molar-refractivity contribution in [1.29, 1.82) is 0 Å². The lowest BCUT2D eigenvalue weighted by Crippen LogP contribution is -2.49. The lowest BCUT2D eigenvalue weighted by molar-refractivity contribution is 0.0186. The van der Waals surface area contributed by atoms with E-state index in [0.717, 1.165) is 17.9 Å². The largest absolute Gasteiger partial charge is 0.300 e. The number of nitrogens with zero attached hydrogens (tertiary/aromatic N) is 1. The second-order valence-corrected chi connectivity index (χ2v) is 5.48. The van der Waals surface area contributed by atoms with Crippen LogP contribution in [-0.4, -0.2) is 24.0 Å². The third-order valence-corrected chi connectivity index (χ3v) is 4.72. The van der Waals surface area contributed by atoms with Crippen molar-refractivity contribution >= 4 is 0 Å². The first kappa shape index (κ1) is 9.21. The van der Waals surface area contributed by atoms with Crippen LogP contribution in [0.2, 0.25) is 0 Å². The summed E-state index contributed by atoms with van der Waals surface area (Å²) < 4.78 is 0. The summed E-state index contributed by atoms with van der Waals surface area (Å²) in [4.78, 5) is 2.75. The fraction of sp³-hybridized carbons (Fsp3) is 0.923. The molecule has 1 saturated heterocycles. The lowest BCUT2D eigenvalue weighted by Gasteiger charge is -2.49. The number of hydrogen-bond donors (Lipinski definition) is 0. The zero-order valence-electron chi connectivity index (χ0n) is 9.12. The second kappa shape index (κ2) is 3.84. The van der Waals surface area contributed by atoms with Crippen molar-refractivity contribution < 1.29 is 0 Å². The van der Waals surface area contributed by atoms with Gasteiger partial charge in [0.25, 0.3) is 0 Å². The Morgan fingerprint density at radius 2 is 1.64 bits per heavy atom. The van der Waals surface area contributed by atoms with E-state index in [-0.39, 0.29) is 0 Å². The highest BCUT2D eigenvalue weighted by atomic mass is 15.2. The van der Waals surface area contributed by atoms with E-state index < -0.39 is 0 Å². The molecule has 3 aliphatic rings. The molecule has 2 saturated carbocycles. The van der Waals surface area contributed by atoms with Crippen LogP contribution in [0.25, 0.3) is 0 Å². The molecule has 79 valence electrons. The van der Waals surface area contributed by atoms with Gasteiger partial charge < -0.3 is 4.90 Å². The molecule has 14 heavy (non-hydrogen) atoms. The first-order chi connectivity index (χ1) is 6.93. The van der Waals surface area contributed by atoms with Gasteiger partial charge in [-0.3, -0.25) is 0 Å². The Labute approximate surface area is 87.9 Å². The molecule has 0 N–H and O–H groups in total. The predicted molar refractivity (Wildman–Crippen MR) is 59.0 cm³/mol. The molecule has 1 heterocycles. The molecule has 3 fully saturated rings.